The van der Waals surface area contributed by atoms with Crippen molar-refractivity contribution in [3.05, 3.63) is 23.8 Å². The van der Waals surface area contributed by atoms with E-state index in [9.17, 15) is 19.2 Å². The van der Waals surface area contributed by atoms with Crippen LogP contribution in [0.4, 0.5) is 14.4 Å². The molecule has 0 saturated carbocycles. The Morgan fingerprint density at radius 1 is 0.667 bits per heavy atom. The maximum absolute atomic E-state index is 12.5. The summed E-state index contributed by atoms with van der Waals surface area (Å²) < 4.78 is 36.1. The van der Waals surface area contributed by atoms with Crippen molar-refractivity contribution >= 4 is 24.4 Å². The molecule has 0 radical (unpaired) electrons. The van der Waals surface area contributed by atoms with E-state index < -0.39 is 36.6 Å². The molecule has 0 bridgehead atoms. The first-order valence-electron chi connectivity index (χ1n) is 14.5. The topological polar surface area (TPSA) is 159 Å². The summed E-state index contributed by atoms with van der Waals surface area (Å²) in [5.41, 5.74) is 6.52. The highest BCUT2D eigenvalue weighted by molar-refractivity contribution is 5.76. The molecule has 0 aliphatic rings. The Morgan fingerprint density at radius 3 is 1.64 bits per heavy atom. The summed E-state index contributed by atoms with van der Waals surface area (Å²) in [6, 6.07) is 3.28. The van der Waals surface area contributed by atoms with Crippen LogP contribution in [0.3, 0.4) is 0 Å². The van der Waals surface area contributed by atoms with Crippen molar-refractivity contribution in [3.8, 4) is 11.5 Å². The Kier molecular flexibility index (Phi) is 17.0. The van der Waals surface area contributed by atoms with Gasteiger partial charge in [-0.2, -0.15) is 0 Å². The van der Waals surface area contributed by atoms with Crippen LogP contribution in [0.15, 0.2) is 18.2 Å². The highest BCUT2D eigenvalue weighted by atomic mass is 16.7. The van der Waals surface area contributed by atoms with Gasteiger partial charge >= 0.3 is 24.4 Å². The van der Waals surface area contributed by atoms with Crippen molar-refractivity contribution in [1.82, 2.24) is 0 Å². The van der Waals surface area contributed by atoms with Crippen LogP contribution in [-0.4, -0.2) is 63.0 Å². The maximum atomic E-state index is 12.5. The summed E-state index contributed by atoms with van der Waals surface area (Å²) in [6.45, 7) is 13.6. The van der Waals surface area contributed by atoms with Crippen molar-refractivity contribution in [2.24, 2.45) is 23.5 Å². The molecule has 42 heavy (non-hydrogen) atoms. The zero-order valence-corrected chi connectivity index (χ0v) is 25.8. The van der Waals surface area contributed by atoms with E-state index in [1.807, 2.05) is 41.5 Å². The summed E-state index contributed by atoms with van der Waals surface area (Å²) >= 11 is 0. The van der Waals surface area contributed by atoms with E-state index >= 15 is 0 Å². The molecule has 238 valence electrons. The third-order valence-electron chi connectivity index (χ3n) is 6.46. The molecule has 12 nitrogen and oxygen atoms in total. The van der Waals surface area contributed by atoms with Crippen LogP contribution in [0.2, 0.25) is 0 Å². The lowest BCUT2D eigenvalue weighted by atomic mass is 10.1. The number of nitrogens with two attached hydrogens (primary N) is 1. The zero-order valence-electron chi connectivity index (χ0n) is 25.8. The minimum atomic E-state index is -1.09. The molecule has 1 aromatic carbocycles. The second kappa shape index (κ2) is 19.6. The number of carbonyl (C=O) groups excluding carboxylic acids is 4. The Balaban J connectivity index is 2.82. The molecule has 0 aromatic heterocycles. The van der Waals surface area contributed by atoms with Gasteiger partial charge in [0.15, 0.2) is 11.5 Å². The van der Waals surface area contributed by atoms with Crippen LogP contribution < -0.4 is 15.2 Å². The minimum Gasteiger partial charge on any atom is -0.461 e. The van der Waals surface area contributed by atoms with Gasteiger partial charge in [0, 0.05) is 0 Å². The summed E-state index contributed by atoms with van der Waals surface area (Å²) in [5.74, 6) is -0.443. The molecule has 0 amide bonds. The molecule has 12 heteroatoms. The molecule has 5 atom stereocenters. The van der Waals surface area contributed by atoms with E-state index in [0.29, 0.717) is 5.56 Å². The van der Waals surface area contributed by atoms with Crippen molar-refractivity contribution in [2.45, 2.75) is 86.3 Å². The van der Waals surface area contributed by atoms with E-state index in [-0.39, 0.29) is 62.1 Å². The second-order valence-electron chi connectivity index (χ2n) is 10.6. The Morgan fingerprint density at radius 2 is 1.14 bits per heavy atom. The van der Waals surface area contributed by atoms with Crippen LogP contribution in [0, 0.1) is 17.8 Å². The van der Waals surface area contributed by atoms with Gasteiger partial charge in [-0.25, -0.2) is 14.4 Å². The van der Waals surface area contributed by atoms with E-state index in [4.69, 9.17) is 38.9 Å². The van der Waals surface area contributed by atoms with Gasteiger partial charge in [-0.15, -0.1) is 0 Å². The molecule has 2 N–H and O–H groups in total. The first-order valence-corrected chi connectivity index (χ1v) is 14.5. The molecule has 1 rings (SSSR count). The van der Waals surface area contributed by atoms with Gasteiger partial charge < -0.3 is 38.9 Å². The lowest BCUT2D eigenvalue weighted by Crippen LogP contribution is -2.36. The van der Waals surface area contributed by atoms with Crippen LogP contribution in [0.5, 0.6) is 11.5 Å². The molecular formula is C30H47NO11. The SMILES string of the molecule is CCC(C)COC(=O)Oc1ccc(C[C@H](N)C(=O)OC[C@H](C)OC(=O)OCC(C)CC)cc1OC(=O)OCC(C)CC. The molecule has 3 unspecified atom stereocenters. The van der Waals surface area contributed by atoms with E-state index in [0.717, 1.165) is 19.3 Å². The average molecular weight is 598 g/mol. The predicted molar refractivity (Wildman–Crippen MR) is 153 cm³/mol. The molecule has 0 saturated heterocycles. The van der Waals surface area contributed by atoms with Gasteiger partial charge in [0.1, 0.15) is 18.8 Å². The molecule has 1 aromatic rings. The van der Waals surface area contributed by atoms with Crippen molar-refractivity contribution in [2.75, 3.05) is 26.4 Å². The van der Waals surface area contributed by atoms with Crippen molar-refractivity contribution in [3.63, 3.8) is 0 Å². The number of hydrogen-bond acceptors (Lipinski definition) is 12. The van der Waals surface area contributed by atoms with Gasteiger partial charge in [0.2, 0.25) is 0 Å². The zero-order chi connectivity index (χ0) is 31.7. The first kappa shape index (κ1) is 36.5. The second-order valence-corrected chi connectivity index (χ2v) is 10.6. The summed E-state index contributed by atoms with van der Waals surface area (Å²) in [5, 5.41) is 0. The molecule has 0 heterocycles. The highest BCUT2D eigenvalue weighted by Gasteiger charge is 2.22. The van der Waals surface area contributed by atoms with Gasteiger partial charge in [-0.05, 0) is 48.8 Å². The van der Waals surface area contributed by atoms with Crippen molar-refractivity contribution in [1.29, 1.82) is 0 Å². The normalized spacial score (nSPS) is 14.4. The standard InChI is InChI=1S/C30H47NO11/c1-8-19(4)15-37-28(33)40-22(7)18-36-27(32)24(31)13-23-11-12-25(41-29(34)38-16-20(5)9-2)26(14-23)42-30(35)39-17-21(6)10-3/h11-12,14,19-22,24H,8-10,13,15-18,31H2,1-7H3/t19?,20?,21?,22-,24-/m0/s1. The van der Waals surface area contributed by atoms with Crippen molar-refractivity contribution < 1.29 is 52.3 Å². The van der Waals surface area contributed by atoms with Gasteiger partial charge in [0.25, 0.3) is 0 Å². The summed E-state index contributed by atoms with van der Waals surface area (Å²) in [4.78, 5) is 48.8. The molecule has 0 aliphatic heterocycles. The summed E-state index contributed by atoms with van der Waals surface area (Å²) in [7, 11) is 0. The molecule has 0 fully saturated rings. The van der Waals surface area contributed by atoms with Crippen LogP contribution in [0.1, 0.15) is 73.3 Å². The van der Waals surface area contributed by atoms with Gasteiger partial charge in [-0.3, -0.25) is 4.79 Å². The number of hydrogen-bond donors (Lipinski definition) is 1. The number of benzene rings is 1. The maximum Gasteiger partial charge on any atom is 0.513 e. The van der Waals surface area contributed by atoms with Crippen LogP contribution in [0.25, 0.3) is 0 Å². The highest BCUT2D eigenvalue weighted by Crippen LogP contribution is 2.30. The van der Waals surface area contributed by atoms with Crippen LogP contribution >= 0.6 is 0 Å². The van der Waals surface area contributed by atoms with Gasteiger partial charge in [0.05, 0.1) is 19.8 Å². The number of ether oxygens (including phenoxy) is 7. The molecule has 0 spiro atoms. The van der Waals surface area contributed by atoms with E-state index in [2.05, 4.69) is 0 Å². The first-order chi connectivity index (χ1) is 19.9. The van der Waals surface area contributed by atoms with E-state index in [1.54, 1.807) is 13.0 Å². The summed E-state index contributed by atoms with van der Waals surface area (Å²) in [6.07, 6.45) is -1.05. The number of carbonyl (C=O) groups is 4. The predicted octanol–water partition coefficient (Wildman–Crippen LogP) is 5.81. The third kappa shape index (κ3) is 14.9. The fourth-order valence-corrected chi connectivity index (χ4v) is 2.94. The van der Waals surface area contributed by atoms with Gasteiger partial charge in [-0.1, -0.05) is 66.9 Å². The molecular weight excluding hydrogens is 550 g/mol. The largest absolute Gasteiger partial charge is 0.513 e. The monoisotopic (exact) mass is 597 g/mol. The number of esters is 1. The van der Waals surface area contributed by atoms with Crippen LogP contribution in [-0.2, 0) is 34.9 Å². The quantitative estimate of drug-likeness (QED) is 0.131. The Labute approximate surface area is 248 Å². The van der Waals surface area contributed by atoms with E-state index in [1.165, 1.54) is 12.1 Å². The smallest absolute Gasteiger partial charge is 0.461 e. The Bertz CT molecular complexity index is 999. The minimum absolute atomic E-state index is 0.00202. The lowest BCUT2D eigenvalue weighted by molar-refractivity contribution is -0.148. The average Bonchev–Trinajstić information content (AvgIpc) is 2.97. The fraction of sp³-hybridized carbons (Fsp3) is 0.667. The number of rotatable bonds is 17. The lowest BCUT2D eigenvalue weighted by Gasteiger charge is -2.17. The molecule has 0 aliphatic carbocycles. The fourth-order valence-electron chi connectivity index (χ4n) is 2.94. The third-order valence-corrected chi connectivity index (χ3v) is 6.46. The Hall–Kier alpha value is -3.54.